The van der Waals surface area contributed by atoms with E-state index in [0.717, 1.165) is 32.2 Å². The number of ether oxygens (including phenoxy) is 1. The quantitative estimate of drug-likeness (QED) is 0.691. The van der Waals surface area contributed by atoms with E-state index in [1.165, 1.54) is 0 Å². The summed E-state index contributed by atoms with van der Waals surface area (Å²) in [5.74, 6) is 2.24. The minimum Gasteiger partial charge on any atom is -0.380 e. The zero-order valence-corrected chi connectivity index (χ0v) is 17.8. The van der Waals surface area contributed by atoms with E-state index in [0.29, 0.717) is 12.0 Å². The number of likely N-dealkylation sites (tertiary alicyclic amines) is 1. The van der Waals surface area contributed by atoms with Crippen molar-refractivity contribution in [2.24, 2.45) is 17.1 Å². The van der Waals surface area contributed by atoms with Crippen LogP contribution < -0.4 is 5.73 Å². The average Bonchev–Trinajstić information content (AvgIpc) is 2.99. The van der Waals surface area contributed by atoms with Gasteiger partial charge in [0.1, 0.15) is 0 Å². The number of unbranched alkanes of at least 4 members (excludes halogenated alkanes) is 1. The zero-order valence-electron chi connectivity index (χ0n) is 17.0. The molecule has 0 bridgehead atoms. The lowest BCUT2D eigenvalue weighted by atomic mass is 9.96. The lowest BCUT2D eigenvalue weighted by molar-refractivity contribution is -0.137. The molecule has 2 amide bonds. The third kappa shape index (κ3) is 15.0. The molecule has 0 radical (unpaired) electrons. The first-order valence-corrected chi connectivity index (χ1v) is 9.55. The van der Waals surface area contributed by atoms with Crippen LogP contribution in [-0.4, -0.2) is 48.9 Å². The highest BCUT2D eigenvalue weighted by atomic mass is 32.1. The van der Waals surface area contributed by atoms with Crippen molar-refractivity contribution in [2.75, 3.05) is 20.2 Å². The Kier molecular flexibility index (Phi) is 14.9. The molecule has 2 atom stereocenters. The summed E-state index contributed by atoms with van der Waals surface area (Å²) in [5, 5.41) is 0. The smallest absolute Gasteiger partial charge is 0.226 e. The van der Waals surface area contributed by atoms with Crippen molar-refractivity contribution < 1.29 is 14.3 Å². The number of nitrogens with zero attached hydrogens (tertiary/aromatic N) is 1. The van der Waals surface area contributed by atoms with Gasteiger partial charge in [-0.25, -0.2) is 0 Å². The second-order valence-electron chi connectivity index (χ2n) is 7.94. The van der Waals surface area contributed by atoms with Crippen LogP contribution in [0.5, 0.6) is 0 Å². The number of amides is 2. The van der Waals surface area contributed by atoms with Gasteiger partial charge in [-0.05, 0) is 24.1 Å². The summed E-state index contributed by atoms with van der Waals surface area (Å²) >= 11 is 3.83. The normalized spacial score (nSPS) is 17.7. The van der Waals surface area contributed by atoms with E-state index in [-0.39, 0.29) is 24.3 Å². The van der Waals surface area contributed by atoms with E-state index in [2.05, 4.69) is 52.7 Å². The van der Waals surface area contributed by atoms with Crippen LogP contribution in [0.25, 0.3) is 0 Å². The monoisotopic (exact) mass is 374 g/mol. The molecule has 1 fully saturated rings. The molecular formula is C19H38N2O3S. The molecule has 0 aliphatic carbocycles. The van der Waals surface area contributed by atoms with Crippen molar-refractivity contribution in [1.29, 1.82) is 0 Å². The van der Waals surface area contributed by atoms with Crippen molar-refractivity contribution in [3.63, 3.8) is 0 Å². The van der Waals surface area contributed by atoms with E-state index < -0.39 is 5.91 Å². The number of rotatable bonds is 7. The molecule has 0 aromatic carbocycles. The second-order valence-corrected chi connectivity index (χ2v) is 7.94. The minimum absolute atomic E-state index is 0.0572. The van der Waals surface area contributed by atoms with Crippen molar-refractivity contribution in [3.8, 4) is 0 Å². The Labute approximate surface area is 159 Å². The molecule has 0 spiro atoms. The highest BCUT2D eigenvalue weighted by Gasteiger charge is 2.31. The van der Waals surface area contributed by atoms with E-state index >= 15 is 0 Å². The molecule has 148 valence electrons. The summed E-state index contributed by atoms with van der Waals surface area (Å²) in [4.78, 5) is 25.2. The Balaban J connectivity index is 0. The molecule has 1 rings (SSSR count). The summed E-state index contributed by atoms with van der Waals surface area (Å²) in [7, 11) is 1.66. The molecule has 1 aliphatic rings. The van der Waals surface area contributed by atoms with Crippen LogP contribution in [0.1, 0.15) is 66.7 Å². The van der Waals surface area contributed by atoms with Gasteiger partial charge in [0, 0.05) is 32.5 Å². The maximum Gasteiger partial charge on any atom is 0.226 e. The Morgan fingerprint density at radius 2 is 1.84 bits per heavy atom. The third-order valence-electron chi connectivity index (χ3n) is 3.49. The van der Waals surface area contributed by atoms with E-state index in [1.807, 2.05) is 0 Å². The fourth-order valence-electron chi connectivity index (χ4n) is 2.39. The number of hydrogen-bond acceptors (Lipinski definition) is 4. The predicted octanol–water partition coefficient (Wildman–Crippen LogP) is 3.58. The Hall–Kier alpha value is -1.01. The first-order valence-electron chi connectivity index (χ1n) is 8.97. The van der Waals surface area contributed by atoms with E-state index in [4.69, 9.17) is 10.5 Å². The molecular weight excluding hydrogens is 336 g/mol. The SMILES string of the molecule is C=S.CC(C)(C)C.CCCCC(CC(N)=O)C(=O)N1CCC(OC)C1. The van der Waals surface area contributed by atoms with Gasteiger partial charge < -0.3 is 15.4 Å². The van der Waals surface area contributed by atoms with Crippen LogP contribution in [0.2, 0.25) is 0 Å². The van der Waals surface area contributed by atoms with Crippen LogP contribution in [0.15, 0.2) is 0 Å². The Morgan fingerprint density at radius 1 is 1.32 bits per heavy atom. The largest absolute Gasteiger partial charge is 0.380 e. The minimum atomic E-state index is -0.396. The second kappa shape index (κ2) is 14.2. The summed E-state index contributed by atoms with van der Waals surface area (Å²) in [5.41, 5.74) is 5.72. The van der Waals surface area contributed by atoms with Gasteiger partial charge in [0.2, 0.25) is 11.8 Å². The number of carbonyl (C=O) groups excluding carboxylic acids is 2. The third-order valence-corrected chi connectivity index (χ3v) is 3.49. The van der Waals surface area contributed by atoms with Gasteiger partial charge in [0.15, 0.2) is 0 Å². The first-order chi connectivity index (χ1) is 11.6. The topological polar surface area (TPSA) is 72.6 Å². The molecule has 0 aromatic heterocycles. The van der Waals surface area contributed by atoms with Crippen LogP contribution in [0, 0.1) is 11.3 Å². The van der Waals surface area contributed by atoms with Gasteiger partial charge in [-0.1, -0.05) is 59.7 Å². The van der Waals surface area contributed by atoms with Crippen LogP contribution in [0.3, 0.4) is 0 Å². The lowest BCUT2D eigenvalue weighted by Crippen LogP contribution is -2.37. The van der Waals surface area contributed by atoms with Crippen molar-refractivity contribution >= 4 is 29.9 Å². The maximum absolute atomic E-state index is 12.3. The van der Waals surface area contributed by atoms with Gasteiger partial charge in [0.25, 0.3) is 0 Å². The molecule has 5 nitrogen and oxygen atoms in total. The molecule has 25 heavy (non-hydrogen) atoms. The molecule has 1 heterocycles. The average molecular weight is 375 g/mol. The summed E-state index contributed by atoms with van der Waals surface area (Å²) in [6.07, 6.45) is 3.88. The van der Waals surface area contributed by atoms with Crippen molar-refractivity contribution in [2.45, 2.75) is 72.8 Å². The van der Waals surface area contributed by atoms with Crippen molar-refractivity contribution in [1.82, 2.24) is 4.90 Å². The maximum atomic E-state index is 12.3. The van der Waals surface area contributed by atoms with Crippen molar-refractivity contribution in [3.05, 3.63) is 0 Å². The number of methoxy groups -OCH3 is 1. The molecule has 2 N–H and O–H groups in total. The predicted molar refractivity (Wildman–Crippen MR) is 109 cm³/mol. The Bertz CT molecular complexity index is 377. The van der Waals surface area contributed by atoms with Gasteiger partial charge in [-0.2, -0.15) is 0 Å². The standard InChI is InChI=1S/C13H24N2O3.C5H12.CH2S/c1-3-4-5-10(8-12(14)16)13(17)15-7-6-11(9-15)18-2;1-5(2,3)4;1-2/h10-11H,3-9H2,1-2H3,(H2,14,16);1-4H3;1H2. The number of primary amides is 1. The molecule has 1 aliphatic heterocycles. The van der Waals surface area contributed by atoms with Gasteiger partial charge in [0.05, 0.1) is 6.10 Å². The molecule has 1 saturated heterocycles. The number of thiocarbonyl (C=S) groups is 1. The lowest BCUT2D eigenvalue weighted by Gasteiger charge is -2.22. The summed E-state index contributed by atoms with van der Waals surface area (Å²) < 4.78 is 5.25. The highest BCUT2D eigenvalue weighted by molar-refractivity contribution is 7.77. The number of hydrogen-bond donors (Lipinski definition) is 1. The van der Waals surface area contributed by atoms with Gasteiger partial charge in [-0.3, -0.25) is 9.59 Å². The Morgan fingerprint density at radius 3 is 2.20 bits per heavy atom. The summed E-state index contributed by atoms with van der Waals surface area (Å²) in [6.45, 7) is 12.2. The fourth-order valence-corrected chi connectivity index (χ4v) is 2.39. The number of carbonyl (C=O) groups is 2. The van der Waals surface area contributed by atoms with E-state index in [9.17, 15) is 9.59 Å². The molecule has 0 aromatic rings. The van der Waals surface area contributed by atoms with Gasteiger partial charge in [-0.15, -0.1) is 0 Å². The first kappa shape index (κ1) is 26.2. The molecule has 6 heteroatoms. The fraction of sp³-hybridized carbons (Fsp3) is 0.842. The van der Waals surface area contributed by atoms with Crippen LogP contribution >= 0.6 is 12.2 Å². The van der Waals surface area contributed by atoms with Gasteiger partial charge >= 0.3 is 0 Å². The summed E-state index contributed by atoms with van der Waals surface area (Å²) in [6, 6.07) is 0. The molecule has 0 saturated carbocycles. The van der Waals surface area contributed by atoms with Crippen LogP contribution in [-0.2, 0) is 14.3 Å². The van der Waals surface area contributed by atoms with Crippen LogP contribution in [0.4, 0.5) is 0 Å². The van der Waals surface area contributed by atoms with E-state index in [1.54, 1.807) is 12.0 Å². The highest BCUT2D eigenvalue weighted by Crippen LogP contribution is 2.20. The number of nitrogens with two attached hydrogens (primary N) is 1. The zero-order chi connectivity index (χ0) is 20.0. The molecule has 2 unspecified atom stereocenters.